The molecule has 0 saturated carbocycles. The molecule has 0 unspecified atom stereocenters. The van der Waals surface area contributed by atoms with Gasteiger partial charge < -0.3 is 9.64 Å². The first-order valence-corrected chi connectivity index (χ1v) is 13.2. The topological polar surface area (TPSA) is 29.5 Å². The van der Waals surface area contributed by atoms with E-state index in [0.29, 0.717) is 17.1 Å². The van der Waals surface area contributed by atoms with Crippen molar-refractivity contribution in [2.45, 2.75) is 0 Å². The molecule has 6 aromatic carbocycles. The maximum Gasteiger partial charge on any atom is 0.150 e. The highest BCUT2D eigenvalue weighted by molar-refractivity contribution is 5.80. The Bertz CT molecular complexity index is 1610. The number of nitrogens with zero attached hydrogens (tertiary/aromatic N) is 1. The van der Waals surface area contributed by atoms with Crippen LogP contribution in [0.4, 0.5) is 17.1 Å². The lowest BCUT2D eigenvalue weighted by Crippen LogP contribution is -2.10. The van der Waals surface area contributed by atoms with E-state index in [0.717, 1.165) is 23.3 Å². The number of carbonyl (C=O) groups is 1. The standard InChI is InChI=1S/C37H27NO2/c39-27-28-14-24-36(25-15-28)40-37-13-7-12-35(26-37)38(33-20-16-31(17-21-33)29-8-3-1-4-9-29)34-22-18-32(19-23-34)30-10-5-2-6-11-30/h1-27H. The summed E-state index contributed by atoms with van der Waals surface area (Å²) >= 11 is 0. The molecule has 0 radical (unpaired) electrons. The summed E-state index contributed by atoms with van der Waals surface area (Å²) in [6, 6.07) is 53.2. The minimum absolute atomic E-state index is 0.616. The van der Waals surface area contributed by atoms with E-state index in [1.54, 1.807) is 24.3 Å². The first-order valence-electron chi connectivity index (χ1n) is 13.2. The SMILES string of the molecule is O=Cc1ccc(Oc2cccc(N(c3ccc(-c4ccccc4)cc3)c3ccc(-c4ccccc4)cc3)c2)cc1. The maximum atomic E-state index is 11.0. The molecule has 0 aromatic heterocycles. The highest BCUT2D eigenvalue weighted by Gasteiger charge is 2.14. The van der Waals surface area contributed by atoms with E-state index in [9.17, 15) is 4.79 Å². The highest BCUT2D eigenvalue weighted by atomic mass is 16.5. The van der Waals surface area contributed by atoms with Crippen LogP contribution in [0, 0.1) is 0 Å². The van der Waals surface area contributed by atoms with E-state index in [-0.39, 0.29) is 0 Å². The number of rotatable bonds is 8. The molecule has 0 aliphatic carbocycles. The molecular formula is C37H27NO2. The van der Waals surface area contributed by atoms with Gasteiger partial charge in [0.05, 0.1) is 0 Å². The summed E-state index contributed by atoms with van der Waals surface area (Å²) in [6.45, 7) is 0. The van der Waals surface area contributed by atoms with Gasteiger partial charge in [-0.1, -0.05) is 91.0 Å². The fraction of sp³-hybridized carbons (Fsp3) is 0. The second-order valence-electron chi connectivity index (χ2n) is 9.45. The van der Waals surface area contributed by atoms with Crippen molar-refractivity contribution in [2.24, 2.45) is 0 Å². The summed E-state index contributed by atoms with van der Waals surface area (Å²) in [5, 5.41) is 0. The maximum absolute atomic E-state index is 11.0. The van der Waals surface area contributed by atoms with E-state index in [1.165, 1.54) is 22.3 Å². The zero-order valence-electron chi connectivity index (χ0n) is 21.9. The molecule has 40 heavy (non-hydrogen) atoms. The van der Waals surface area contributed by atoms with Crippen LogP contribution in [0.1, 0.15) is 10.4 Å². The predicted molar refractivity (Wildman–Crippen MR) is 164 cm³/mol. The molecule has 0 heterocycles. The van der Waals surface area contributed by atoms with Crippen molar-refractivity contribution in [2.75, 3.05) is 4.90 Å². The van der Waals surface area contributed by atoms with Gasteiger partial charge in [-0.25, -0.2) is 0 Å². The van der Waals surface area contributed by atoms with Gasteiger partial charge in [-0.2, -0.15) is 0 Å². The molecule has 6 aromatic rings. The Labute approximate surface area is 234 Å². The molecule has 0 amide bonds. The van der Waals surface area contributed by atoms with Gasteiger partial charge in [0.15, 0.2) is 0 Å². The molecule has 0 fully saturated rings. The minimum atomic E-state index is 0.616. The quantitative estimate of drug-likeness (QED) is 0.188. The molecule has 192 valence electrons. The summed E-state index contributed by atoms with van der Waals surface area (Å²) in [5.74, 6) is 1.39. The smallest absolute Gasteiger partial charge is 0.150 e. The Morgan fingerprint density at radius 3 is 1.43 bits per heavy atom. The number of carbonyl (C=O) groups excluding carboxylic acids is 1. The number of benzene rings is 6. The Balaban J connectivity index is 1.37. The number of hydrogen-bond donors (Lipinski definition) is 0. The van der Waals surface area contributed by atoms with E-state index >= 15 is 0 Å². The first kappa shape index (κ1) is 24.9. The largest absolute Gasteiger partial charge is 0.457 e. The van der Waals surface area contributed by atoms with E-state index in [2.05, 4.69) is 108 Å². The van der Waals surface area contributed by atoms with Crippen LogP contribution in [0.25, 0.3) is 22.3 Å². The summed E-state index contributed by atoms with van der Waals surface area (Å²) in [5.41, 5.74) is 8.37. The summed E-state index contributed by atoms with van der Waals surface area (Å²) < 4.78 is 6.15. The van der Waals surface area contributed by atoms with Crippen molar-refractivity contribution in [3.05, 3.63) is 163 Å². The summed E-state index contributed by atoms with van der Waals surface area (Å²) in [6.07, 6.45) is 0.828. The van der Waals surface area contributed by atoms with Crippen LogP contribution in [-0.2, 0) is 0 Å². The molecule has 3 heteroatoms. The minimum Gasteiger partial charge on any atom is -0.457 e. The third kappa shape index (κ3) is 5.54. The third-order valence-electron chi connectivity index (χ3n) is 6.79. The highest BCUT2D eigenvalue weighted by Crippen LogP contribution is 2.38. The number of aldehydes is 1. The van der Waals surface area contributed by atoms with Crippen LogP contribution in [-0.4, -0.2) is 6.29 Å². The summed E-state index contributed by atoms with van der Waals surface area (Å²) in [7, 11) is 0. The van der Waals surface area contributed by atoms with Gasteiger partial charge in [0.1, 0.15) is 17.8 Å². The van der Waals surface area contributed by atoms with Crippen molar-refractivity contribution in [1.82, 2.24) is 0 Å². The molecule has 0 N–H and O–H groups in total. The second-order valence-corrected chi connectivity index (χ2v) is 9.45. The lowest BCUT2D eigenvalue weighted by Gasteiger charge is -2.26. The Morgan fingerprint density at radius 2 is 0.925 bits per heavy atom. The predicted octanol–water partition coefficient (Wildman–Crippen LogP) is 10.1. The van der Waals surface area contributed by atoms with Gasteiger partial charge in [0.25, 0.3) is 0 Å². The van der Waals surface area contributed by atoms with Crippen LogP contribution in [0.5, 0.6) is 11.5 Å². The fourth-order valence-electron chi connectivity index (χ4n) is 4.75. The lowest BCUT2D eigenvalue weighted by atomic mass is 10.0. The lowest BCUT2D eigenvalue weighted by molar-refractivity contribution is 0.112. The Morgan fingerprint density at radius 1 is 0.425 bits per heavy atom. The van der Waals surface area contributed by atoms with E-state index < -0.39 is 0 Å². The van der Waals surface area contributed by atoms with Crippen molar-refractivity contribution in [3.63, 3.8) is 0 Å². The molecule has 0 atom stereocenters. The number of anilines is 3. The molecule has 0 aliphatic heterocycles. The van der Waals surface area contributed by atoms with Gasteiger partial charge in [0.2, 0.25) is 0 Å². The Kier molecular flexibility index (Phi) is 7.19. The van der Waals surface area contributed by atoms with Crippen molar-refractivity contribution >= 4 is 23.3 Å². The molecule has 6 rings (SSSR count). The van der Waals surface area contributed by atoms with Crippen LogP contribution < -0.4 is 9.64 Å². The van der Waals surface area contributed by atoms with Crippen LogP contribution in [0.15, 0.2) is 158 Å². The molecule has 0 spiro atoms. The molecular weight excluding hydrogens is 490 g/mol. The number of hydrogen-bond acceptors (Lipinski definition) is 3. The fourth-order valence-corrected chi connectivity index (χ4v) is 4.75. The average Bonchev–Trinajstić information content (AvgIpc) is 3.03. The molecule has 3 nitrogen and oxygen atoms in total. The van der Waals surface area contributed by atoms with Crippen LogP contribution in [0.3, 0.4) is 0 Å². The normalized spacial score (nSPS) is 10.6. The van der Waals surface area contributed by atoms with Crippen molar-refractivity contribution in [3.8, 4) is 33.8 Å². The zero-order chi connectivity index (χ0) is 27.1. The van der Waals surface area contributed by atoms with Gasteiger partial charge >= 0.3 is 0 Å². The Hall–Kier alpha value is -5.41. The molecule has 0 aliphatic rings. The monoisotopic (exact) mass is 517 g/mol. The van der Waals surface area contributed by atoms with Gasteiger partial charge in [0, 0.05) is 28.7 Å². The van der Waals surface area contributed by atoms with Gasteiger partial charge in [-0.3, -0.25) is 4.79 Å². The van der Waals surface area contributed by atoms with E-state index in [1.807, 2.05) is 30.3 Å². The third-order valence-corrected chi connectivity index (χ3v) is 6.79. The van der Waals surface area contributed by atoms with Gasteiger partial charge in [-0.15, -0.1) is 0 Å². The number of ether oxygens (including phenoxy) is 1. The van der Waals surface area contributed by atoms with Crippen molar-refractivity contribution < 1.29 is 9.53 Å². The molecule has 0 bridgehead atoms. The average molecular weight is 518 g/mol. The second kappa shape index (κ2) is 11.5. The van der Waals surface area contributed by atoms with Crippen molar-refractivity contribution in [1.29, 1.82) is 0 Å². The molecule has 0 saturated heterocycles. The summed E-state index contributed by atoms with van der Waals surface area (Å²) in [4.78, 5) is 13.3. The van der Waals surface area contributed by atoms with Crippen LogP contribution in [0.2, 0.25) is 0 Å². The first-order chi connectivity index (χ1) is 19.8. The van der Waals surface area contributed by atoms with Gasteiger partial charge in [-0.05, 0) is 82.9 Å². The zero-order valence-corrected chi connectivity index (χ0v) is 21.9. The van der Waals surface area contributed by atoms with Crippen LogP contribution >= 0.6 is 0 Å². The van der Waals surface area contributed by atoms with E-state index in [4.69, 9.17) is 4.74 Å².